The van der Waals surface area contributed by atoms with E-state index in [9.17, 15) is 0 Å². The first-order valence-electron chi connectivity index (χ1n) is 4.08. The van der Waals surface area contributed by atoms with Crippen molar-refractivity contribution in [1.29, 1.82) is 0 Å². The third-order valence-electron chi connectivity index (χ3n) is 2.18. The molecule has 0 aromatic rings. The van der Waals surface area contributed by atoms with E-state index in [0.717, 1.165) is 13.2 Å². The van der Waals surface area contributed by atoms with Crippen LogP contribution in [-0.4, -0.2) is 23.9 Å². The third kappa shape index (κ3) is 2.29. The summed E-state index contributed by atoms with van der Waals surface area (Å²) in [6.45, 7) is 5.84. The first-order chi connectivity index (χ1) is 5.29. The molecule has 0 spiro atoms. The van der Waals surface area contributed by atoms with E-state index in [1.54, 1.807) is 0 Å². The van der Waals surface area contributed by atoms with Crippen LogP contribution in [0, 0.1) is 11.8 Å². The molecule has 1 rings (SSSR count). The van der Waals surface area contributed by atoms with Gasteiger partial charge >= 0.3 is 0 Å². The van der Waals surface area contributed by atoms with Gasteiger partial charge in [-0.3, -0.25) is 0 Å². The van der Waals surface area contributed by atoms with Crippen molar-refractivity contribution in [2.24, 2.45) is 11.8 Å². The zero-order valence-corrected chi connectivity index (χ0v) is 9.21. The van der Waals surface area contributed by atoms with E-state index < -0.39 is 0 Å². The van der Waals surface area contributed by atoms with Crippen LogP contribution >= 0.6 is 22.6 Å². The molecule has 1 aliphatic rings. The Hall–Kier alpha value is 0.650. The second-order valence-electron chi connectivity index (χ2n) is 2.93. The summed E-state index contributed by atoms with van der Waals surface area (Å²) in [6.07, 6.45) is 0.0553. The summed E-state index contributed by atoms with van der Waals surface area (Å²) in [5.74, 6) is 1.25. The maximum absolute atomic E-state index is 5.48. The normalized spacial score (nSPS) is 37.9. The maximum atomic E-state index is 5.48. The minimum absolute atomic E-state index is 0.0553. The van der Waals surface area contributed by atoms with E-state index in [1.807, 2.05) is 6.92 Å². The van der Waals surface area contributed by atoms with Crippen molar-refractivity contribution >= 4 is 22.6 Å². The van der Waals surface area contributed by atoms with Crippen molar-refractivity contribution in [3.05, 3.63) is 0 Å². The topological polar surface area (TPSA) is 18.5 Å². The van der Waals surface area contributed by atoms with E-state index in [0.29, 0.717) is 11.8 Å². The average molecular weight is 270 g/mol. The Kier molecular flexibility index (Phi) is 4.09. The number of halogens is 1. The predicted molar refractivity (Wildman–Crippen MR) is 52.9 cm³/mol. The molecule has 2 nitrogen and oxygen atoms in total. The summed E-state index contributed by atoms with van der Waals surface area (Å²) in [6, 6.07) is 0. The van der Waals surface area contributed by atoms with Gasteiger partial charge in [0, 0.05) is 17.0 Å². The lowest BCUT2D eigenvalue weighted by molar-refractivity contribution is -0.124. The highest BCUT2D eigenvalue weighted by atomic mass is 127. The summed E-state index contributed by atoms with van der Waals surface area (Å²) in [5, 5.41) is 0. The molecule has 0 saturated carbocycles. The van der Waals surface area contributed by atoms with E-state index >= 15 is 0 Å². The Morgan fingerprint density at radius 3 is 2.82 bits per heavy atom. The maximum Gasteiger partial charge on any atom is 0.160 e. The standard InChI is InChI=1S/C8H15IO2/c1-3-10-8-6(2)7(4-9)5-11-8/h6-8H,3-5H2,1-2H3. The molecule has 0 N–H and O–H groups in total. The van der Waals surface area contributed by atoms with Crippen LogP contribution in [-0.2, 0) is 9.47 Å². The van der Waals surface area contributed by atoms with Crippen LogP contribution in [0.2, 0.25) is 0 Å². The summed E-state index contributed by atoms with van der Waals surface area (Å²) >= 11 is 2.41. The molecule has 66 valence electrons. The molecular formula is C8H15IO2. The molecule has 0 amide bonds. The molecule has 0 bridgehead atoms. The Bertz CT molecular complexity index is 119. The largest absolute Gasteiger partial charge is 0.353 e. The number of hydrogen-bond donors (Lipinski definition) is 0. The van der Waals surface area contributed by atoms with Gasteiger partial charge in [0.1, 0.15) is 0 Å². The smallest absolute Gasteiger partial charge is 0.160 e. The number of hydrogen-bond acceptors (Lipinski definition) is 2. The summed E-state index contributed by atoms with van der Waals surface area (Å²) < 4.78 is 12.1. The first-order valence-corrected chi connectivity index (χ1v) is 5.61. The lowest BCUT2D eigenvalue weighted by Gasteiger charge is -2.16. The van der Waals surface area contributed by atoms with Crippen LogP contribution < -0.4 is 0 Å². The van der Waals surface area contributed by atoms with Crippen molar-refractivity contribution in [3.8, 4) is 0 Å². The van der Waals surface area contributed by atoms with Crippen LogP contribution in [0.3, 0.4) is 0 Å². The van der Waals surface area contributed by atoms with Crippen molar-refractivity contribution in [2.45, 2.75) is 20.1 Å². The number of alkyl halides is 1. The lowest BCUT2D eigenvalue weighted by Crippen LogP contribution is -2.21. The van der Waals surface area contributed by atoms with Crippen molar-refractivity contribution in [2.75, 3.05) is 17.6 Å². The number of ether oxygens (including phenoxy) is 2. The first kappa shape index (κ1) is 9.74. The van der Waals surface area contributed by atoms with Gasteiger partial charge in [0.2, 0.25) is 0 Å². The molecule has 0 aliphatic carbocycles. The molecule has 1 fully saturated rings. The molecule has 3 heteroatoms. The van der Waals surface area contributed by atoms with Gasteiger partial charge in [-0.1, -0.05) is 29.5 Å². The fraction of sp³-hybridized carbons (Fsp3) is 1.00. The van der Waals surface area contributed by atoms with Gasteiger partial charge in [0.25, 0.3) is 0 Å². The third-order valence-corrected chi connectivity index (χ3v) is 3.31. The van der Waals surface area contributed by atoms with Gasteiger partial charge in [-0.15, -0.1) is 0 Å². The highest BCUT2D eigenvalue weighted by Crippen LogP contribution is 2.28. The molecule has 11 heavy (non-hydrogen) atoms. The summed E-state index contributed by atoms with van der Waals surface area (Å²) in [7, 11) is 0. The van der Waals surface area contributed by atoms with Gasteiger partial charge in [0.15, 0.2) is 6.29 Å². The van der Waals surface area contributed by atoms with Crippen LogP contribution in [0.25, 0.3) is 0 Å². The summed E-state index contributed by atoms with van der Waals surface area (Å²) in [4.78, 5) is 0. The second kappa shape index (κ2) is 4.62. The number of rotatable bonds is 3. The molecule has 1 saturated heterocycles. The molecule has 3 unspecified atom stereocenters. The second-order valence-corrected chi connectivity index (χ2v) is 3.81. The Morgan fingerprint density at radius 2 is 2.36 bits per heavy atom. The SMILES string of the molecule is CCOC1OCC(CI)C1C. The molecule has 1 heterocycles. The Morgan fingerprint density at radius 1 is 1.64 bits per heavy atom. The quantitative estimate of drug-likeness (QED) is 0.577. The van der Waals surface area contributed by atoms with Crippen LogP contribution in [0.5, 0.6) is 0 Å². The molecule has 0 radical (unpaired) electrons. The van der Waals surface area contributed by atoms with Gasteiger partial charge in [-0.25, -0.2) is 0 Å². The van der Waals surface area contributed by atoms with Gasteiger partial charge in [-0.05, 0) is 12.8 Å². The molecule has 0 aromatic carbocycles. The Balaban J connectivity index is 2.35. The zero-order chi connectivity index (χ0) is 8.27. The fourth-order valence-corrected chi connectivity index (χ4v) is 2.35. The van der Waals surface area contributed by atoms with Gasteiger partial charge in [0.05, 0.1) is 6.61 Å². The molecule has 1 aliphatic heterocycles. The zero-order valence-electron chi connectivity index (χ0n) is 7.05. The Labute approximate surface area is 81.8 Å². The molecule has 0 aromatic heterocycles. The van der Waals surface area contributed by atoms with Crippen molar-refractivity contribution in [1.82, 2.24) is 0 Å². The molecular weight excluding hydrogens is 255 g/mol. The minimum atomic E-state index is 0.0553. The molecule has 3 atom stereocenters. The van der Waals surface area contributed by atoms with Crippen LogP contribution in [0.1, 0.15) is 13.8 Å². The highest BCUT2D eigenvalue weighted by molar-refractivity contribution is 14.1. The fourth-order valence-electron chi connectivity index (χ4n) is 1.29. The van der Waals surface area contributed by atoms with Crippen molar-refractivity contribution in [3.63, 3.8) is 0 Å². The van der Waals surface area contributed by atoms with E-state index in [1.165, 1.54) is 4.43 Å². The van der Waals surface area contributed by atoms with E-state index in [2.05, 4.69) is 29.5 Å². The minimum Gasteiger partial charge on any atom is -0.353 e. The van der Waals surface area contributed by atoms with E-state index in [-0.39, 0.29) is 6.29 Å². The highest BCUT2D eigenvalue weighted by Gasteiger charge is 2.33. The summed E-state index contributed by atoms with van der Waals surface area (Å²) in [5.41, 5.74) is 0. The van der Waals surface area contributed by atoms with Crippen molar-refractivity contribution < 1.29 is 9.47 Å². The van der Waals surface area contributed by atoms with Gasteiger partial charge < -0.3 is 9.47 Å². The van der Waals surface area contributed by atoms with Gasteiger partial charge in [-0.2, -0.15) is 0 Å². The van der Waals surface area contributed by atoms with Crippen LogP contribution in [0.4, 0.5) is 0 Å². The van der Waals surface area contributed by atoms with E-state index in [4.69, 9.17) is 9.47 Å². The monoisotopic (exact) mass is 270 g/mol. The lowest BCUT2D eigenvalue weighted by atomic mass is 9.99. The van der Waals surface area contributed by atoms with Crippen LogP contribution in [0.15, 0.2) is 0 Å². The predicted octanol–water partition coefficient (Wildman–Crippen LogP) is 2.07. The average Bonchev–Trinajstić information content (AvgIpc) is 2.34.